The molecule has 0 spiro atoms. The molecule has 3 nitrogen and oxygen atoms in total. The summed E-state index contributed by atoms with van der Waals surface area (Å²) in [6, 6.07) is 1.95. The first-order chi connectivity index (χ1) is 7.68. The van der Waals surface area contributed by atoms with Crippen LogP contribution in [0, 0.1) is 5.92 Å². The first-order valence-corrected chi connectivity index (χ1v) is 6.09. The quantitative estimate of drug-likeness (QED) is 0.862. The monoisotopic (exact) mass is 240 g/mol. The third kappa shape index (κ3) is 2.47. The minimum Gasteiger partial charge on any atom is -0.393 e. The van der Waals surface area contributed by atoms with Gasteiger partial charge in [0.05, 0.1) is 16.8 Å². The lowest BCUT2D eigenvalue weighted by Gasteiger charge is -2.35. The summed E-state index contributed by atoms with van der Waals surface area (Å²) in [6.45, 7) is 3.79. The highest BCUT2D eigenvalue weighted by Crippen LogP contribution is 2.29. The van der Waals surface area contributed by atoms with Crippen molar-refractivity contribution in [3.63, 3.8) is 0 Å². The average Bonchev–Trinajstić information content (AvgIpc) is 2.30. The van der Waals surface area contributed by atoms with Gasteiger partial charge in [0.25, 0.3) is 0 Å². The second kappa shape index (κ2) is 5.02. The summed E-state index contributed by atoms with van der Waals surface area (Å²) in [6.07, 6.45) is 5.29. The van der Waals surface area contributed by atoms with Gasteiger partial charge in [-0.05, 0) is 31.7 Å². The molecule has 1 saturated heterocycles. The number of hydrogen-bond donors (Lipinski definition) is 1. The number of pyridine rings is 1. The summed E-state index contributed by atoms with van der Waals surface area (Å²) in [5.74, 6) is 0.428. The van der Waals surface area contributed by atoms with Crippen molar-refractivity contribution in [1.82, 2.24) is 4.98 Å². The molecule has 88 valence electrons. The number of aromatic nitrogens is 1. The molecule has 0 bridgehead atoms. The van der Waals surface area contributed by atoms with Crippen molar-refractivity contribution in [1.29, 1.82) is 0 Å². The molecule has 16 heavy (non-hydrogen) atoms. The first-order valence-electron chi connectivity index (χ1n) is 5.71. The number of piperidine rings is 1. The number of halogens is 1. The molecule has 0 amide bonds. The van der Waals surface area contributed by atoms with Crippen LogP contribution in [0.1, 0.15) is 19.8 Å². The van der Waals surface area contributed by atoms with E-state index in [9.17, 15) is 5.11 Å². The fraction of sp³-hybridized carbons (Fsp3) is 0.583. The molecule has 1 aromatic heterocycles. The maximum absolute atomic E-state index is 9.53. The number of anilines is 1. The van der Waals surface area contributed by atoms with Gasteiger partial charge in [0.2, 0.25) is 0 Å². The maximum atomic E-state index is 9.53. The van der Waals surface area contributed by atoms with Crippen molar-refractivity contribution in [3.05, 3.63) is 23.5 Å². The lowest BCUT2D eigenvalue weighted by atomic mass is 9.92. The zero-order valence-electron chi connectivity index (χ0n) is 9.43. The van der Waals surface area contributed by atoms with Crippen LogP contribution in [0.4, 0.5) is 5.69 Å². The predicted molar refractivity (Wildman–Crippen MR) is 65.9 cm³/mol. The summed E-state index contributed by atoms with van der Waals surface area (Å²) >= 11 is 6.10. The van der Waals surface area contributed by atoms with Crippen LogP contribution in [0.2, 0.25) is 5.02 Å². The molecule has 1 aliphatic heterocycles. The fourth-order valence-electron chi connectivity index (χ4n) is 2.25. The van der Waals surface area contributed by atoms with Crippen LogP contribution in [0.3, 0.4) is 0 Å². The minimum absolute atomic E-state index is 0.199. The molecule has 0 aliphatic carbocycles. The molecular weight excluding hydrogens is 224 g/mol. The minimum atomic E-state index is -0.199. The summed E-state index contributed by atoms with van der Waals surface area (Å²) < 4.78 is 0. The molecule has 1 unspecified atom stereocenters. The molecule has 1 aromatic rings. The summed E-state index contributed by atoms with van der Waals surface area (Å²) in [5.41, 5.74) is 1.06. The van der Waals surface area contributed by atoms with E-state index in [1.165, 1.54) is 0 Å². The van der Waals surface area contributed by atoms with Gasteiger partial charge in [0, 0.05) is 25.5 Å². The van der Waals surface area contributed by atoms with Crippen LogP contribution in [-0.4, -0.2) is 29.3 Å². The smallest absolute Gasteiger partial charge is 0.0822 e. The summed E-state index contributed by atoms with van der Waals surface area (Å²) in [7, 11) is 0. The van der Waals surface area contributed by atoms with Gasteiger partial charge in [-0.15, -0.1) is 0 Å². The largest absolute Gasteiger partial charge is 0.393 e. The van der Waals surface area contributed by atoms with E-state index >= 15 is 0 Å². The van der Waals surface area contributed by atoms with Crippen molar-refractivity contribution >= 4 is 17.3 Å². The van der Waals surface area contributed by atoms with Gasteiger partial charge in [-0.1, -0.05) is 11.6 Å². The SMILES string of the molecule is CC(O)C1CCN(c2ccncc2Cl)CC1. The van der Waals surface area contributed by atoms with E-state index < -0.39 is 0 Å². The number of hydrogen-bond acceptors (Lipinski definition) is 3. The van der Waals surface area contributed by atoms with Crippen LogP contribution >= 0.6 is 11.6 Å². The first kappa shape index (κ1) is 11.7. The third-order valence-corrected chi connectivity index (χ3v) is 3.60. The standard InChI is InChI=1S/C12H17ClN2O/c1-9(16)10-3-6-15(7-4-10)12-2-5-14-8-11(12)13/h2,5,8-10,16H,3-4,6-7H2,1H3. The molecule has 2 rings (SSSR count). The van der Waals surface area contributed by atoms with Gasteiger partial charge in [-0.25, -0.2) is 0 Å². The molecule has 2 heterocycles. The fourth-order valence-corrected chi connectivity index (χ4v) is 2.49. The second-order valence-electron chi connectivity index (χ2n) is 4.39. The van der Waals surface area contributed by atoms with Crippen LogP contribution in [0.15, 0.2) is 18.5 Å². The Morgan fingerprint density at radius 1 is 1.50 bits per heavy atom. The molecule has 1 aliphatic rings. The Kier molecular flexibility index (Phi) is 3.66. The van der Waals surface area contributed by atoms with Crippen molar-refractivity contribution in [3.8, 4) is 0 Å². The van der Waals surface area contributed by atoms with Gasteiger partial charge in [0.1, 0.15) is 0 Å². The molecule has 1 atom stereocenters. The highest BCUT2D eigenvalue weighted by Gasteiger charge is 2.23. The second-order valence-corrected chi connectivity index (χ2v) is 4.80. The van der Waals surface area contributed by atoms with E-state index in [0.29, 0.717) is 10.9 Å². The van der Waals surface area contributed by atoms with E-state index in [1.807, 2.05) is 13.0 Å². The van der Waals surface area contributed by atoms with Gasteiger partial charge in [0.15, 0.2) is 0 Å². The Morgan fingerprint density at radius 2 is 2.19 bits per heavy atom. The normalized spacial score (nSPS) is 19.8. The van der Waals surface area contributed by atoms with Gasteiger partial charge in [-0.3, -0.25) is 4.98 Å². The Balaban J connectivity index is 2.02. The average molecular weight is 241 g/mol. The topological polar surface area (TPSA) is 36.4 Å². The zero-order valence-corrected chi connectivity index (χ0v) is 10.2. The molecule has 0 radical (unpaired) electrons. The number of nitrogens with zero attached hydrogens (tertiary/aromatic N) is 2. The lowest BCUT2D eigenvalue weighted by molar-refractivity contribution is 0.110. The Labute approximate surface area is 101 Å². The molecule has 0 aromatic carbocycles. The van der Waals surface area contributed by atoms with Crippen LogP contribution < -0.4 is 4.90 Å². The Morgan fingerprint density at radius 3 is 2.75 bits per heavy atom. The van der Waals surface area contributed by atoms with Gasteiger partial charge in [-0.2, -0.15) is 0 Å². The summed E-state index contributed by atoms with van der Waals surface area (Å²) in [5, 5.41) is 10.2. The van der Waals surface area contributed by atoms with E-state index in [1.54, 1.807) is 12.4 Å². The van der Waals surface area contributed by atoms with E-state index in [4.69, 9.17) is 11.6 Å². The van der Waals surface area contributed by atoms with Crippen LogP contribution in [0.25, 0.3) is 0 Å². The molecular formula is C12H17ClN2O. The van der Waals surface area contributed by atoms with E-state index in [-0.39, 0.29) is 6.10 Å². The summed E-state index contributed by atoms with van der Waals surface area (Å²) in [4.78, 5) is 6.25. The van der Waals surface area contributed by atoms with Crippen molar-refractivity contribution in [2.24, 2.45) is 5.92 Å². The van der Waals surface area contributed by atoms with Crippen molar-refractivity contribution in [2.45, 2.75) is 25.9 Å². The maximum Gasteiger partial charge on any atom is 0.0822 e. The molecule has 4 heteroatoms. The molecule has 1 N–H and O–H groups in total. The zero-order chi connectivity index (χ0) is 11.5. The number of aliphatic hydroxyl groups excluding tert-OH is 1. The molecule has 1 fully saturated rings. The Hall–Kier alpha value is -0.800. The van der Waals surface area contributed by atoms with Crippen LogP contribution in [0.5, 0.6) is 0 Å². The van der Waals surface area contributed by atoms with Crippen LogP contribution in [-0.2, 0) is 0 Å². The van der Waals surface area contributed by atoms with Crippen molar-refractivity contribution in [2.75, 3.05) is 18.0 Å². The lowest BCUT2D eigenvalue weighted by Crippen LogP contribution is -2.37. The highest BCUT2D eigenvalue weighted by atomic mass is 35.5. The number of aliphatic hydroxyl groups is 1. The van der Waals surface area contributed by atoms with Gasteiger partial charge < -0.3 is 10.0 Å². The predicted octanol–water partition coefficient (Wildman–Crippen LogP) is 2.33. The Bertz CT molecular complexity index is 349. The van der Waals surface area contributed by atoms with E-state index in [2.05, 4.69) is 9.88 Å². The highest BCUT2D eigenvalue weighted by molar-refractivity contribution is 6.33. The number of rotatable bonds is 2. The van der Waals surface area contributed by atoms with E-state index in [0.717, 1.165) is 31.6 Å². The third-order valence-electron chi connectivity index (χ3n) is 3.31. The van der Waals surface area contributed by atoms with Crippen molar-refractivity contribution < 1.29 is 5.11 Å². The van der Waals surface area contributed by atoms with Gasteiger partial charge >= 0.3 is 0 Å². The molecule has 0 saturated carbocycles.